The maximum Gasteiger partial charge on any atom is 0.249 e. The van der Waals surface area contributed by atoms with Crippen LogP contribution in [0.25, 0.3) is 0 Å². The molecule has 0 spiro atoms. The van der Waals surface area contributed by atoms with Crippen LogP contribution in [0, 0.1) is 5.92 Å². The zero-order valence-electron chi connectivity index (χ0n) is 12.4. The van der Waals surface area contributed by atoms with Gasteiger partial charge in [0.15, 0.2) is 0 Å². The highest BCUT2D eigenvalue weighted by Crippen LogP contribution is 2.42. The second-order valence-electron chi connectivity index (χ2n) is 6.59. The van der Waals surface area contributed by atoms with E-state index in [9.17, 15) is 9.59 Å². The van der Waals surface area contributed by atoms with Gasteiger partial charge in [0.2, 0.25) is 11.8 Å². The molecule has 0 bridgehead atoms. The molecule has 112 valence electrons. The lowest BCUT2D eigenvalue weighted by Crippen LogP contribution is -2.70. The first-order valence-corrected chi connectivity index (χ1v) is 8.82. The summed E-state index contributed by atoms with van der Waals surface area (Å²) < 4.78 is 0. The standard InChI is InChI=1S/C15H24N2O2S/c1-10-13(18)16-15(2,11-6-7-11)14(19)17(10)9-12-5-3-4-8-20-12/h10-12H,3-9H2,1-2H3,(H,16,18). The zero-order chi connectivity index (χ0) is 14.3. The summed E-state index contributed by atoms with van der Waals surface area (Å²) in [5.41, 5.74) is -0.650. The van der Waals surface area contributed by atoms with Gasteiger partial charge in [0.1, 0.15) is 11.6 Å². The molecule has 1 N–H and O–H groups in total. The number of nitrogens with zero attached hydrogens (tertiary/aromatic N) is 1. The quantitative estimate of drug-likeness (QED) is 0.864. The summed E-state index contributed by atoms with van der Waals surface area (Å²) in [6.45, 7) is 4.51. The van der Waals surface area contributed by atoms with Gasteiger partial charge in [0, 0.05) is 11.8 Å². The Morgan fingerprint density at radius 1 is 1.30 bits per heavy atom. The third kappa shape index (κ3) is 2.45. The summed E-state index contributed by atoms with van der Waals surface area (Å²) in [5, 5.41) is 3.49. The number of nitrogens with one attached hydrogen (secondary N) is 1. The minimum atomic E-state index is -0.650. The van der Waals surface area contributed by atoms with E-state index in [0.29, 0.717) is 11.2 Å². The Morgan fingerprint density at radius 3 is 2.65 bits per heavy atom. The highest BCUT2D eigenvalue weighted by atomic mass is 32.2. The van der Waals surface area contributed by atoms with Gasteiger partial charge in [-0.15, -0.1) is 0 Å². The van der Waals surface area contributed by atoms with Crippen molar-refractivity contribution in [2.75, 3.05) is 12.3 Å². The van der Waals surface area contributed by atoms with Crippen LogP contribution in [-0.4, -0.2) is 45.8 Å². The van der Waals surface area contributed by atoms with Gasteiger partial charge in [-0.3, -0.25) is 9.59 Å². The van der Waals surface area contributed by atoms with Crippen molar-refractivity contribution in [3.05, 3.63) is 0 Å². The van der Waals surface area contributed by atoms with Crippen LogP contribution < -0.4 is 5.32 Å². The molecule has 3 aliphatic rings. The van der Waals surface area contributed by atoms with Crippen LogP contribution in [0.3, 0.4) is 0 Å². The number of amides is 2. The normalized spacial score (nSPS) is 38.8. The van der Waals surface area contributed by atoms with E-state index in [0.717, 1.165) is 19.4 Å². The van der Waals surface area contributed by atoms with Gasteiger partial charge in [-0.05, 0) is 51.2 Å². The zero-order valence-corrected chi connectivity index (χ0v) is 13.2. The number of piperazine rings is 1. The molecule has 1 aliphatic carbocycles. The third-order valence-electron chi connectivity index (χ3n) is 5.00. The van der Waals surface area contributed by atoms with Crippen molar-refractivity contribution >= 4 is 23.6 Å². The Bertz CT molecular complexity index is 418. The fraction of sp³-hybridized carbons (Fsp3) is 0.867. The molecular formula is C15H24N2O2S. The first kappa shape index (κ1) is 14.2. The fourth-order valence-corrected chi connectivity index (χ4v) is 4.68. The minimum absolute atomic E-state index is 0.0137. The van der Waals surface area contributed by atoms with Crippen molar-refractivity contribution in [2.24, 2.45) is 5.92 Å². The molecule has 0 aromatic carbocycles. The van der Waals surface area contributed by atoms with Crippen LogP contribution in [-0.2, 0) is 9.59 Å². The lowest BCUT2D eigenvalue weighted by Gasteiger charge is -2.45. The fourth-order valence-electron chi connectivity index (χ4n) is 3.38. The molecule has 20 heavy (non-hydrogen) atoms. The monoisotopic (exact) mass is 296 g/mol. The lowest BCUT2D eigenvalue weighted by molar-refractivity contribution is -0.154. The van der Waals surface area contributed by atoms with E-state index in [2.05, 4.69) is 5.32 Å². The van der Waals surface area contributed by atoms with E-state index < -0.39 is 5.54 Å². The molecule has 0 aromatic rings. The van der Waals surface area contributed by atoms with Gasteiger partial charge < -0.3 is 10.2 Å². The third-order valence-corrected chi connectivity index (χ3v) is 6.38. The van der Waals surface area contributed by atoms with Crippen molar-refractivity contribution in [3.8, 4) is 0 Å². The molecule has 2 saturated heterocycles. The summed E-state index contributed by atoms with van der Waals surface area (Å²) in [6.07, 6.45) is 5.82. The van der Waals surface area contributed by atoms with E-state index >= 15 is 0 Å². The number of thioether (sulfide) groups is 1. The van der Waals surface area contributed by atoms with Gasteiger partial charge in [-0.2, -0.15) is 11.8 Å². The molecule has 0 radical (unpaired) electrons. The molecule has 3 fully saturated rings. The van der Waals surface area contributed by atoms with Crippen LogP contribution in [0.15, 0.2) is 0 Å². The molecule has 5 heteroatoms. The Morgan fingerprint density at radius 2 is 2.05 bits per heavy atom. The van der Waals surface area contributed by atoms with E-state index in [1.807, 2.05) is 30.5 Å². The van der Waals surface area contributed by atoms with Crippen LogP contribution in [0.4, 0.5) is 0 Å². The number of carbonyl (C=O) groups excluding carboxylic acids is 2. The molecule has 2 aliphatic heterocycles. The summed E-state index contributed by atoms with van der Waals surface area (Å²) in [5.74, 6) is 1.68. The number of carbonyl (C=O) groups is 2. The maximum atomic E-state index is 12.9. The highest BCUT2D eigenvalue weighted by molar-refractivity contribution is 7.99. The molecule has 1 saturated carbocycles. The van der Waals surface area contributed by atoms with E-state index in [4.69, 9.17) is 0 Å². The molecule has 3 unspecified atom stereocenters. The van der Waals surface area contributed by atoms with Crippen LogP contribution >= 0.6 is 11.8 Å². The Hall–Kier alpha value is -0.710. The molecule has 0 aromatic heterocycles. The summed E-state index contributed by atoms with van der Waals surface area (Å²) in [4.78, 5) is 26.9. The highest BCUT2D eigenvalue weighted by Gasteiger charge is 2.54. The molecule has 2 heterocycles. The lowest BCUT2D eigenvalue weighted by atomic mass is 9.89. The average molecular weight is 296 g/mol. The molecular weight excluding hydrogens is 272 g/mol. The van der Waals surface area contributed by atoms with E-state index in [-0.39, 0.29) is 17.9 Å². The van der Waals surface area contributed by atoms with Gasteiger partial charge in [-0.1, -0.05) is 6.42 Å². The molecule has 4 nitrogen and oxygen atoms in total. The van der Waals surface area contributed by atoms with Crippen molar-refractivity contribution in [2.45, 2.75) is 62.8 Å². The SMILES string of the molecule is CC1C(=O)NC(C)(C2CC2)C(=O)N1CC1CCCCS1. The average Bonchev–Trinajstić information content (AvgIpc) is 3.27. The predicted octanol–water partition coefficient (Wildman–Crippen LogP) is 1.79. The summed E-state index contributed by atoms with van der Waals surface area (Å²) in [6, 6.07) is -0.322. The summed E-state index contributed by atoms with van der Waals surface area (Å²) in [7, 11) is 0. The summed E-state index contributed by atoms with van der Waals surface area (Å²) >= 11 is 1.96. The second-order valence-corrected chi connectivity index (χ2v) is 8.00. The Kier molecular flexibility index (Phi) is 3.73. The first-order valence-electron chi connectivity index (χ1n) is 7.77. The van der Waals surface area contributed by atoms with E-state index in [1.54, 1.807) is 0 Å². The first-order chi connectivity index (χ1) is 9.52. The number of hydrogen-bond acceptors (Lipinski definition) is 3. The van der Waals surface area contributed by atoms with E-state index in [1.165, 1.54) is 25.0 Å². The minimum Gasteiger partial charge on any atom is -0.340 e. The predicted molar refractivity (Wildman–Crippen MR) is 80.5 cm³/mol. The van der Waals surface area contributed by atoms with Gasteiger partial charge in [0.25, 0.3) is 0 Å². The van der Waals surface area contributed by atoms with Crippen molar-refractivity contribution in [3.63, 3.8) is 0 Å². The van der Waals surface area contributed by atoms with Gasteiger partial charge >= 0.3 is 0 Å². The van der Waals surface area contributed by atoms with Crippen LogP contribution in [0.1, 0.15) is 46.0 Å². The molecule has 2 amide bonds. The van der Waals surface area contributed by atoms with Crippen molar-refractivity contribution < 1.29 is 9.59 Å². The van der Waals surface area contributed by atoms with Crippen molar-refractivity contribution in [1.82, 2.24) is 10.2 Å². The maximum absolute atomic E-state index is 12.9. The van der Waals surface area contributed by atoms with Gasteiger partial charge in [0.05, 0.1) is 0 Å². The molecule has 3 rings (SSSR count). The van der Waals surface area contributed by atoms with Crippen LogP contribution in [0.5, 0.6) is 0 Å². The smallest absolute Gasteiger partial charge is 0.249 e. The number of rotatable bonds is 3. The number of hydrogen-bond donors (Lipinski definition) is 1. The molecule has 3 atom stereocenters. The second kappa shape index (κ2) is 5.24. The largest absolute Gasteiger partial charge is 0.340 e. The Balaban J connectivity index is 1.75. The Labute approximate surface area is 125 Å². The van der Waals surface area contributed by atoms with Gasteiger partial charge in [-0.25, -0.2) is 0 Å². The van der Waals surface area contributed by atoms with Crippen molar-refractivity contribution in [1.29, 1.82) is 0 Å². The topological polar surface area (TPSA) is 49.4 Å². The van der Waals surface area contributed by atoms with Crippen LogP contribution in [0.2, 0.25) is 0 Å².